The molecule has 0 saturated carbocycles. The van der Waals surface area contributed by atoms with Gasteiger partial charge in [-0.2, -0.15) is 4.98 Å². The number of nitrogens with one attached hydrogen (secondary N) is 1. The molecule has 0 atom stereocenters. The number of nitrogens with zero attached hydrogens (tertiary/aromatic N) is 4. The van der Waals surface area contributed by atoms with Crippen molar-refractivity contribution in [2.45, 2.75) is 26.3 Å². The van der Waals surface area contributed by atoms with Crippen molar-refractivity contribution in [3.05, 3.63) is 56.2 Å². The Bertz CT molecular complexity index is 1200. The van der Waals surface area contributed by atoms with Gasteiger partial charge in [-0.15, -0.1) is 0 Å². The number of fused-ring (bicyclic) bond motifs is 1. The molecule has 3 N–H and O–H groups in total. The lowest BCUT2D eigenvalue weighted by Gasteiger charge is -2.31. The zero-order valence-corrected chi connectivity index (χ0v) is 16.5. The third-order valence-electron chi connectivity index (χ3n) is 5.59. The molecule has 1 fully saturated rings. The average Bonchev–Trinajstić information content (AvgIpc) is 3.06. The number of aryl methyl sites for hydroxylation is 2. The Morgan fingerprint density at radius 1 is 1.28 bits per heavy atom. The van der Waals surface area contributed by atoms with Crippen molar-refractivity contribution in [3.63, 3.8) is 0 Å². The number of carbonyl (C=O) groups is 1. The molecule has 0 bridgehead atoms. The fourth-order valence-corrected chi connectivity index (χ4v) is 3.97. The van der Waals surface area contributed by atoms with Gasteiger partial charge in [-0.05, 0) is 25.3 Å². The number of primary amides is 1. The summed E-state index contributed by atoms with van der Waals surface area (Å²) in [5.41, 5.74) is 7.36. The molecule has 2 aromatic heterocycles. The summed E-state index contributed by atoms with van der Waals surface area (Å²) < 4.78 is 3.20. The fourth-order valence-electron chi connectivity index (χ4n) is 3.97. The summed E-state index contributed by atoms with van der Waals surface area (Å²) in [7, 11) is 1.59. The first kappa shape index (κ1) is 19.0. The Morgan fingerprint density at radius 3 is 2.66 bits per heavy atom. The van der Waals surface area contributed by atoms with Crippen LogP contribution in [-0.4, -0.2) is 38.1 Å². The molecule has 1 amide bonds. The van der Waals surface area contributed by atoms with Gasteiger partial charge in [0.2, 0.25) is 11.9 Å². The summed E-state index contributed by atoms with van der Waals surface area (Å²) in [5.74, 6) is 0.196. The molecule has 4 rings (SSSR count). The van der Waals surface area contributed by atoms with Crippen LogP contribution in [0.4, 0.5) is 5.95 Å². The van der Waals surface area contributed by atoms with Crippen LogP contribution in [0, 0.1) is 12.8 Å². The highest BCUT2D eigenvalue weighted by Gasteiger charge is 2.27. The predicted octanol–water partition coefficient (Wildman–Crippen LogP) is 0.482. The molecule has 0 spiro atoms. The molecular weight excluding hydrogens is 372 g/mol. The largest absolute Gasteiger partial charge is 0.369 e. The predicted molar refractivity (Wildman–Crippen MR) is 110 cm³/mol. The third-order valence-corrected chi connectivity index (χ3v) is 5.59. The topological polar surface area (TPSA) is 119 Å². The van der Waals surface area contributed by atoms with E-state index in [0.29, 0.717) is 49.6 Å². The van der Waals surface area contributed by atoms with Gasteiger partial charge in [0.25, 0.3) is 5.56 Å². The number of rotatable bonds is 4. The number of aromatic amines is 1. The molecule has 9 heteroatoms. The van der Waals surface area contributed by atoms with E-state index in [2.05, 4.69) is 20.9 Å². The maximum Gasteiger partial charge on any atom is 0.329 e. The Kier molecular flexibility index (Phi) is 4.73. The first-order valence-corrected chi connectivity index (χ1v) is 9.64. The molecule has 1 saturated heterocycles. The highest BCUT2D eigenvalue weighted by Crippen LogP contribution is 2.26. The normalized spacial score (nSPS) is 15.2. The molecule has 29 heavy (non-hydrogen) atoms. The van der Waals surface area contributed by atoms with E-state index in [1.54, 1.807) is 7.05 Å². The average molecular weight is 396 g/mol. The Balaban J connectivity index is 1.84. The number of amides is 1. The smallest absolute Gasteiger partial charge is 0.329 e. The Morgan fingerprint density at radius 2 is 2.00 bits per heavy atom. The molecule has 1 aliphatic rings. The minimum absolute atomic E-state index is 0.145. The minimum Gasteiger partial charge on any atom is -0.369 e. The molecule has 3 heterocycles. The van der Waals surface area contributed by atoms with E-state index >= 15 is 0 Å². The maximum absolute atomic E-state index is 12.7. The highest BCUT2D eigenvalue weighted by atomic mass is 16.2. The van der Waals surface area contributed by atoms with Gasteiger partial charge in [0, 0.05) is 26.1 Å². The van der Waals surface area contributed by atoms with Gasteiger partial charge in [-0.25, -0.2) is 4.79 Å². The van der Waals surface area contributed by atoms with Gasteiger partial charge in [0.05, 0.1) is 6.54 Å². The molecular formula is C20H24N6O3. The molecule has 152 valence electrons. The van der Waals surface area contributed by atoms with Crippen molar-refractivity contribution in [2.24, 2.45) is 18.7 Å². The van der Waals surface area contributed by atoms with Crippen molar-refractivity contribution < 1.29 is 4.79 Å². The van der Waals surface area contributed by atoms with Gasteiger partial charge in [-0.3, -0.25) is 23.7 Å². The SMILES string of the molecule is Cc1cccc(Cn2c(N3CCC(C(N)=O)CC3)nc3c2c(=O)[nH]c(=O)n3C)c1. The number of piperidine rings is 1. The van der Waals surface area contributed by atoms with Crippen LogP contribution in [0.25, 0.3) is 11.2 Å². The van der Waals surface area contributed by atoms with E-state index in [-0.39, 0.29) is 11.8 Å². The lowest BCUT2D eigenvalue weighted by Crippen LogP contribution is -2.39. The summed E-state index contributed by atoms with van der Waals surface area (Å²) in [6, 6.07) is 8.05. The van der Waals surface area contributed by atoms with E-state index in [9.17, 15) is 14.4 Å². The maximum atomic E-state index is 12.7. The van der Waals surface area contributed by atoms with Crippen molar-refractivity contribution >= 4 is 23.0 Å². The molecule has 0 aliphatic carbocycles. The van der Waals surface area contributed by atoms with E-state index < -0.39 is 11.2 Å². The third kappa shape index (κ3) is 3.43. The van der Waals surface area contributed by atoms with Crippen LogP contribution in [0.3, 0.4) is 0 Å². The summed E-state index contributed by atoms with van der Waals surface area (Å²) >= 11 is 0. The number of aromatic nitrogens is 4. The summed E-state index contributed by atoms with van der Waals surface area (Å²) in [5, 5.41) is 0. The number of nitrogens with two attached hydrogens (primary N) is 1. The van der Waals surface area contributed by atoms with Crippen LogP contribution in [0.15, 0.2) is 33.9 Å². The second-order valence-electron chi connectivity index (χ2n) is 7.64. The van der Waals surface area contributed by atoms with Crippen LogP contribution in [0.5, 0.6) is 0 Å². The summed E-state index contributed by atoms with van der Waals surface area (Å²) in [4.78, 5) is 45.3. The number of benzene rings is 1. The van der Waals surface area contributed by atoms with Gasteiger partial charge < -0.3 is 10.6 Å². The second kappa shape index (κ2) is 7.23. The quantitative estimate of drug-likeness (QED) is 0.665. The van der Waals surface area contributed by atoms with E-state index in [1.807, 2.05) is 29.7 Å². The Labute approximate surface area is 166 Å². The molecule has 0 unspecified atom stereocenters. The fraction of sp³-hybridized carbons (Fsp3) is 0.400. The summed E-state index contributed by atoms with van der Waals surface area (Å²) in [6.45, 7) is 3.68. The zero-order chi connectivity index (χ0) is 20.7. The van der Waals surface area contributed by atoms with Crippen LogP contribution < -0.4 is 21.9 Å². The van der Waals surface area contributed by atoms with E-state index in [4.69, 9.17) is 5.73 Å². The van der Waals surface area contributed by atoms with E-state index in [1.165, 1.54) is 4.57 Å². The van der Waals surface area contributed by atoms with Crippen LogP contribution >= 0.6 is 0 Å². The van der Waals surface area contributed by atoms with Crippen molar-refractivity contribution in [1.29, 1.82) is 0 Å². The first-order valence-electron chi connectivity index (χ1n) is 9.64. The first-order chi connectivity index (χ1) is 13.8. The van der Waals surface area contributed by atoms with Gasteiger partial charge in [0.1, 0.15) is 0 Å². The molecule has 0 radical (unpaired) electrons. The van der Waals surface area contributed by atoms with Gasteiger partial charge in [0.15, 0.2) is 11.2 Å². The van der Waals surface area contributed by atoms with Crippen molar-refractivity contribution in [3.8, 4) is 0 Å². The summed E-state index contributed by atoms with van der Waals surface area (Å²) in [6.07, 6.45) is 1.27. The zero-order valence-electron chi connectivity index (χ0n) is 16.5. The van der Waals surface area contributed by atoms with Crippen molar-refractivity contribution in [2.75, 3.05) is 18.0 Å². The standard InChI is InChI=1S/C20H24N6O3/c1-12-4-3-5-13(10-12)11-26-15-17(24(2)20(29)23-18(15)28)22-19(26)25-8-6-14(7-9-25)16(21)27/h3-5,10,14H,6-9,11H2,1-2H3,(H2,21,27)(H,23,28,29). The number of imidazole rings is 1. The van der Waals surface area contributed by atoms with Crippen LogP contribution in [-0.2, 0) is 18.4 Å². The lowest BCUT2D eigenvalue weighted by atomic mass is 9.96. The highest BCUT2D eigenvalue weighted by molar-refractivity contribution is 5.77. The number of H-pyrrole nitrogens is 1. The Hall–Kier alpha value is -3.36. The van der Waals surface area contributed by atoms with Crippen molar-refractivity contribution in [1.82, 2.24) is 19.1 Å². The molecule has 3 aromatic rings. The van der Waals surface area contributed by atoms with Crippen LogP contribution in [0.1, 0.15) is 24.0 Å². The van der Waals surface area contributed by atoms with Gasteiger partial charge in [-0.1, -0.05) is 29.8 Å². The number of carbonyl (C=O) groups excluding carboxylic acids is 1. The van der Waals surface area contributed by atoms with Gasteiger partial charge >= 0.3 is 5.69 Å². The van der Waals surface area contributed by atoms with E-state index in [0.717, 1.165) is 11.1 Å². The monoisotopic (exact) mass is 396 g/mol. The number of anilines is 1. The lowest BCUT2D eigenvalue weighted by molar-refractivity contribution is -0.122. The molecule has 1 aromatic carbocycles. The number of hydrogen-bond acceptors (Lipinski definition) is 5. The minimum atomic E-state index is -0.498. The molecule has 1 aliphatic heterocycles. The second-order valence-corrected chi connectivity index (χ2v) is 7.64. The molecule has 9 nitrogen and oxygen atoms in total. The van der Waals surface area contributed by atoms with Crippen LogP contribution in [0.2, 0.25) is 0 Å². The number of hydrogen-bond donors (Lipinski definition) is 2.